The Morgan fingerprint density at radius 1 is 1.47 bits per heavy atom. The molecule has 0 atom stereocenters. The Morgan fingerprint density at radius 3 is 2.76 bits per heavy atom. The number of nitriles is 1. The molecule has 17 heavy (non-hydrogen) atoms. The predicted octanol–water partition coefficient (Wildman–Crippen LogP) is 0.749. The van der Waals surface area contributed by atoms with Crippen LogP contribution in [0.2, 0.25) is 0 Å². The van der Waals surface area contributed by atoms with Crippen LogP contribution in [0.15, 0.2) is 18.2 Å². The number of benzene rings is 1. The molecule has 86 valence electrons. The second kappa shape index (κ2) is 4.22. The van der Waals surface area contributed by atoms with Gasteiger partial charge in [-0.2, -0.15) is 5.26 Å². The minimum atomic E-state index is -0.600. The van der Waals surface area contributed by atoms with E-state index in [1.807, 2.05) is 0 Å². The summed E-state index contributed by atoms with van der Waals surface area (Å²) in [6, 6.07) is 5.19. The van der Waals surface area contributed by atoms with Crippen LogP contribution in [-0.2, 0) is 11.3 Å². The first-order chi connectivity index (χ1) is 8.11. The molecule has 0 bridgehead atoms. The molecule has 0 saturated carbocycles. The van der Waals surface area contributed by atoms with Crippen molar-refractivity contribution in [2.75, 3.05) is 6.54 Å². The van der Waals surface area contributed by atoms with Crippen LogP contribution in [-0.4, -0.2) is 23.4 Å². The summed E-state index contributed by atoms with van der Waals surface area (Å²) in [5.41, 5.74) is 0.401. The fraction of sp³-hybridized carbons (Fsp3) is 0.182. The van der Waals surface area contributed by atoms with Gasteiger partial charge in [-0.05, 0) is 12.1 Å². The number of urea groups is 1. The van der Waals surface area contributed by atoms with Crippen LogP contribution in [0.25, 0.3) is 0 Å². The van der Waals surface area contributed by atoms with E-state index >= 15 is 0 Å². The Bertz CT molecular complexity index is 520. The molecule has 0 aliphatic carbocycles. The minimum absolute atomic E-state index is 0.0588. The van der Waals surface area contributed by atoms with Crippen LogP contribution in [0.5, 0.6) is 0 Å². The number of carbonyl (C=O) groups is 2. The Hall–Kier alpha value is -2.42. The molecule has 1 N–H and O–H groups in total. The smallest absolute Gasteiger partial charge is 0.324 e. The Balaban J connectivity index is 2.22. The van der Waals surface area contributed by atoms with E-state index in [4.69, 9.17) is 5.26 Å². The average molecular weight is 233 g/mol. The predicted molar refractivity (Wildman–Crippen MR) is 55.1 cm³/mol. The van der Waals surface area contributed by atoms with Gasteiger partial charge in [0.1, 0.15) is 5.82 Å². The third-order valence-electron chi connectivity index (χ3n) is 2.45. The average Bonchev–Trinajstić information content (AvgIpc) is 2.63. The number of hydrogen-bond donors (Lipinski definition) is 1. The summed E-state index contributed by atoms with van der Waals surface area (Å²) in [5, 5.41) is 10.9. The van der Waals surface area contributed by atoms with Gasteiger partial charge in [0.25, 0.3) is 0 Å². The van der Waals surface area contributed by atoms with E-state index in [9.17, 15) is 14.0 Å². The standard InChI is InChI=1S/C11H8FN3O2/c12-9-3-7(4-13)1-2-8(9)6-15-10(16)5-14-11(15)17/h1-3H,5-6H2,(H,14,17). The second-order valence-corrected chi connectivity index (χ2v) is 3.56. The zero-order valence-corrected chi connectivity index (χ0v) is 8.74. The highest BCUT2D eigenvalue weighted by atomic mass is 19.1. The molecule has 0 aromatic heterocycles. The van der Waals surface area contributed by atoms with Gasteiger partial charge in [-0.25, -0.2) is 9.18 Å². The fourth-order valence-corrected chi connectivity index (χ4v) is 1.53. The van der Waals surface area contributed by atoms with Gasteiger partial charge in [0, 0.05) is 5.56 Å². The highest BCUT2D eigenvalue weighted by Gasteiger charge is 2.28. The van der Waals surface area contributed by atoms with Gasteiger partial charge in [-0.1, -0.05) is 6.07 Å². The summed E-state index contributed by atoms with van der Waals surface area (Å²) in [5.74, 6) is -0.990. The van der Waals surface area contributed by atoms with E-state index in [1.54, 1.807) is 6.07 Å². The van der Waals surface area contributed by atoms with E-state index in [1.165, 1.54) is 12.1 Å². The normalized spacial score (nSPS) is 14.7. The topological polar surface area (TPSA) is 73.2 Å². The summed E-state index contributed by atoms with van der Waals surface area (Å²) < 4.78 is 13.5. The van der Waals surface area contributed by atoms with Crippen molar-refractivity contribution in [2.45, 2.75) is 6.54 Å². The molecule has 1 aliphatic rings. The molecule has 0 unspecified atom stereocenters. The number of rotatable bonds is 2. The van der Waals surface area contributed by atoms with E-state index in [0.717, 1.165) is 11.0 Å². The van der Waals surface area contributed by atoms with E-state index in [2.05, 4.69) is 5.32 Å². The quantitative estimate of drug-likeness (QED) is 0.766. The molecule has 0 radical (unpaired) electrons. The molecule has 6 heteroatoms. The fourth-order valence-electron chi connectivity index (χ4n) is 1.53. The van der Waals surface area contributed by atoms with Gasteiger partial charge < -0.3 is 5.32 Å². The number of hydrogen-bond acceptors (Lipinski definition) is 3. The largest absolute Gasteiger partial charge is 0.329 e. The van der Waals surface area contributed by atoms with Crippen molar-refractivity contribution in [1.29, 1.82) is 5.26 Å². The Labute approximate surface area is 96.4 Å². The second-order valence-electron chi connectivity index (χ2n) is 3.56. The van der Waals surface area contributed by atoms with Crippen LogP contribution < -0.4 is 5.32 Å². The molecule has 1 heterocycles. The van der Waals surface area contributed by atoms with Crippen LogP contribution in [0.4, 0.5) is 9.18 Å². The summed E-state index contributed by atoms with van der Waals surface area (Å²) in [7, 11) is 0. The lowest BCUT2D eigenvalue weighted by Gasteiger charge is -2.12. The Morgan fingerprint density at radius 2 is 2.24 bits per heavy atom. The van der Waals surface area contributed by atoms with Crippen molar-refractivity contribution in [1.82, 2.24) is 10.2 Å². The van der Waals surface area contributed by atoms with Gasteiger partial charge in [-0.15, -0.1) is 0 Å². The van der Waals surface area contributed by atoms with Gasteiger partial charge in [0.05, 0.1) is 24.7 Å². The molecule has 0 spiro atoms. The maximum atomic E-state index is 13.5. The SMILES string of the molecule is N#Cc1ccc(CN2C(=O)CNC2=O)c(F)c1. The maximum absolute atomic E-state index is 13.5. The molecular weight excluding hydrogens is 225 g/mol. The minimum Gasteiger partial charge on any atom is -0.329 e. The van der Waals surface area contributed by atoms with Crippen molar-refractivity contribution in [3.8, 4) is 6.07 Å². The molecule has 1 saturated heterocycles. The maximum Gasteiger partial charge on any atom is 0.324 e. The summed E-state index contributed by atoms with van der Waals surface area (Å²) in [6.45, 7) is -0.182. The first kappa shape index (κ1) is 11.1. The first-order valence-electron chi connectivity index (χ1n) is 4.88. The first-order valence-corrected chi connectivity index (χ1v) is 4.88. The summed E-state index contributed by atoms with van der Waals surface area (Å²) in [6.07, 6.45) is 0. The van der Waals surface area contributed by atoms with E-state index in [0.29, 0.717) is 0 Å². The van der Waals surface area contributed by atoms with Gasteiger partial charge in [0.2, 0.25) is 5.91 Å². The van der Waals surface area contributed by atoms with E-state index < -0.39 is 17.8 Å². The molecule has 1 aromatic carbocycles. The lowest BCUT2D eigenvalue weighted by atomic mass is 10.1. The summed E-state index contributed by atoms with van der Waals surface area (Å²) in [4.78, 5) is 23.5. The summed E-state index contributed by atoms with van der Waals surface area (Å²) >= 11 is 0. The van der Waals surface area contributed by atoms with E-state index in [-0.39, 0.29) is 24.2 Å². The highest BCUT2D eigenvalue weighted by Crippen LogP contribution is 2.14. The monoisotopic (exact) mass is 233 g/mol. The molecule has 3 amide bonds. The molecule has 2 rings (SSSR count). The third-order valence-corrected chi connectivity index (χ3v) is 2.45. The zero-order valence-electron chi connectivity index (χ0n) is 8.74. The molecule has 1 fully saturated rings. The van der Waals surface area contributed by atoms with Crippen molar-refractivity contribution < 1.29 is 14.0 Å². The van der Waals surface area contributed by atoms with Crippen LogP contribution in [0.3, 0.4) is 0 Å². The van der Waals surface area contributed by atoms with Crippen molar-refractivity contribution in [3.63, 3.8) is 0 Å². The lowest BCUT2D eigenvalue weighted by molar-refractivity contribution is -0.125. The van der Waals surface area contributed by atoms with Gasteiger partial charge in [0.15, 0.2) is 0 Å². The number of carbonyl (C=O) groups excluding carboxylic acids is 2. The number of halogens is 1. The van der Waals surface area contributed by atoms with Crippen LogP contribution in [0.1, 0.15) is 11.1 Å². The molecule has 1 aromatic rings. The van der Waals surface area contributed by atoms with Crippen molar-refractivity contribution in [2.24, 2.45) is 0 Å². The van der Waals surface area contributed by atoms with Crippen molar-refractivity contribution >= 4 is 11.9 Å². The number of imide groups is 1. The van der Waals surface area contributed by atoms with Crippen LogP contribution >= 0.6 is 0 Å². The number of nitrogens with zero attached hydrogens (tertiary/aromatic N) is 2. The lowest BCUT2D eigenvalue weighted by Crippen LogP contribution is -2.30. The third kappa shape index (κ3) is 2.08. The van der Waals surface area contributed by atoms with Crippen molar-refractivity contribution in [3.05, 3.63) is 35.1 Å². The van der Waals surface area contributed by atoms with Gasteiger partial charge in [-0.3, -0.25) is 9.69 Å². The van der Waals surface area contributed by atoms with Crippen LogP contribution in [0, 0.1) is 17.1 Å². The number of nitrogens with one attached hydrogen (secondary N) is 1. The molecular formula is C11H8FN3O2. The zero-order chi connectivity index (χ0) is 12.4. The molecule has 5 nitrogen and oxygen atoms in total. The molecule has 1 aliphatic heterocycles. The van der Waals surface area contributed by atoms with Gasteiger partial charge >= 0.3 is 6.03 Å². The highest BCUT2D eigenvalue weighted by molar-refractivity contribution is 6.01. The Kier molecular flexibility index (Phi) is 2.75. The number of amides is 3.